The Morgan fingerprint density at radius 3 is 2.63 bits per heavy atom. The van der Waals surface area contributed by atoms with Crippen LogP contribution in [0.1, 0.15) is 15.9 Å². The molecule has 0 aromatic heterocycles. The summed E-state index contributed by atoms with van der Waals surface area (Å²) in [5.41, 5.74) is 1.33. The number of benzene rings is 2. The van der Waals surface area contributed by atoms with Crippen LogP contribution in [-0.4, -0.2) is 11.1 Å². The zero-order valence-corrected chi connectivity index (χ0v) is 12.9. The minimum atomic E-state index is -0.927. The van der Waals surface area contributed by atoms with Gasteiger partial charge in [0.25, 0.3) is 0 Å². The second-order valence-corrected chi connectivity index (χ2v) is 6.11. The number of rotatable bonds is 4. The Bertz CT molecular complexity index is 616. The highest BCUT2D eigenvalue weighted by atomic mass is 79.9. The molecule has 0 amide bonds. The Kier molecular flexibility index (Phi) is 4.91. The first-order valence-electron chi connectivity index (χ1n) is 5.47. The standard InChI is InChI=1S/C14H10BrClO2S/c15-11-7-9(14(17)18)5-6-13(11)19-8-10-3-1-2-4-12(10)16/h1-7H,8H2,(H,17,18). The lowest BCUT2D eigenvalue weighted by atomic mass is 10.2. The zero-order valence-electron chi connectivity index (χ0n) is 9.77. The smallest absolute Gasteiger partial charge is 0.335 e. The lowest BCUT2D eigenvalue weighted by Crippen LogP contribution is -1.95. The molecule has 19 heavy (non-hydrogen) atoms. The van der Waals surface area contributed by atoms with E-state index in [0.717, 1.165) is 25.7 Å². The molecule has 5 heteroatoms. The molecule has 0 saturated carbocycles. The van der Waals surface area contributed by atoms with Gasteiger partial charge in [-0.1, -0.05) is 29.8 Å². The third kappa shape index (κ3) is 3.75. The maximum atomic E-state index is 10.8. The lowest BCUT2D eigenvalue weighted by molar-refractivity contribution is 0.0696. The summed E-state index contributed by atoms with van der Waals surface area (Å²) in [5.74, 6) is -0.187. The molecule has 0 bridgehead atoms. The Morgan fingerprint density at radius 1 is 1.26 bits per heavy atom. The summed E-state index contributed by atoms with van der Waals surface area (Å²) in [6, 6.07) is 12.7. The van der Waals surface area contributed by atoms with E-state index in [-0.39, 0.29) is 5.56 Å². The van der Waals surface area contributed by atoms with E-state index in [9.17, 15) is 4.79 Å². The van der Waals surface area contributed by atoms with Gasteiger partial charge in [0.15, 0.2) is 0 Å². The summed E-state index contributed by atoms with van der Waals surface area (Å²) in [6.45, 7) is 0. The maximum absolute atomic E-state index is 10.8. The van der Waals surface area contributed by atoms with Gasteiger partial charge in [0.1, 0.15) is 0 Å². The molecular weight excluding hydrogens is 348 g/mol. The molecule has 0 aliphatic rings. The van der Waals surface area contributed by atoms with E-state index in [1.807, 2.05) is 24.3 Å². The molecular formula is C14H10BrClO2S. The minimum Gasteiger partial charge on any atom is -0.478 e. The van der Waals surface area contributed by atoms with E-state index in [0.29, 0.717) is 0 Å². The van der Waals surface area contributed by atoms with Crippen LogP contribution >= 0.6 is 39.3 Å². The van der Waals surface area contributed by atoms with Gasteiger partial charge in [0, 0.05) is 20.1 Å². The van der Waals surface area contributed by atoms with Crippen molar-refractivity contribution in [2.75, 3.05) is 0 Å². The van der Waals surface area contributed by atoms with Crippen molar-refractivity contribution in [1.82, 2.24) is 0 Å². The van der Waals surface area contributed by atoms with Gasteiger partial charge in [-0.05, 0) is 45.8 Å². The topological polar surface area (TPSA) is 37.3 Å². The summed E-state index contributed by atoms with van der Waals surface area (Å²) in [6.07, 6.45) is 0. The van der Waals surface area contributed by atoms with Crippen molar-refractivity contribution in [2.24, 2.45) is 0 Å². The second-order valence-electron chi connectivity index (χ2n) is 3.83. The van der Waals surface area contributed by atoms with Gasteiger partial charge >= 0.3 is 5.97 Å². The molecule has 0 fully saturated rings. The predicted molar refractivity (Wildman–Crippen MR) is 82.1 cm³/mol. The van der Waals surface area contributed by atoms with Gasteiger partial charge in [0.2, 0.25) is 0 Å². The first-order valence-corrected chi connectivity index (χ1v) is 7.62. The Morgan fingerprint density at radius 2 is 2.00 bits per heavy atom. The predicted octanol–water partition coefficient (Wildman–Crippen LogP) is 5.09. The molecule has 98 valence electrons. The average Bonchev–Trinajstić information content (AvgIpc) is 2.39. The molecule has 0 aliphatic heterocycles. The van der Waals surface area contributed by atoms with Crippen LogP contribution in [0.25, 0.3) is 0 Å². The maximum Gasteiger partial charge on any atom is 0.335 e. The van der Waals surface area contributed by atoms with Crippen LogP contribution in [0.5, 0.6) is 0 Å². The highest BCUT2D eigenvalue weighted by Crippen LogP contribution is 2.32. The molecule has 0 spiro atoms. The number of thioether (sulfide) groups is 1. The van der Waals surface area contributed by atoms with Crippen molar-refractivity contribution in [1.29, 1.82) is 0 Å². The van der Waals surface area contributed by atoms with Crippen LogP contribution in [0.3, 0.4) is 0 Å². The third-order valence-electron chi connectivity index (χ3n) is 2.52. The molecule has 2 nitrogen and oxygen atoms in total. The highest BCUT2D eigenvalue weighted by molar-refractivity contribution is 9.10. The van der Waals surface area contributed by atoms with Crippen molar-refractivity contribution >= 4 is 45.3 Å². The first kappa shape index (κ1) is 14.4. The molecule has 0 saturated heterocycles. The van der Waals surface area contributed by atoms with Crippen molar-refractivity contribution in [3.05, 3.63) is 63.1 Å². The Labute approximate surface area is 128 Å². The molecule has 0 unspecified atom stereocenters. The fraction of sp³-hybridized carbons (Fsp3) is 0.0714. The summed E-state index contributed by atoms with van der Waals surface area (Å²) < 4.78 is 0.782. The van der Waals surface area contributed by atoms with Crippen molar-refractivity contribution < 1.29 is 9.90 Å². The molecule has 1 N–H and O–H groups in total. The third-order valence-corrected chi connectivity index (χ3v) is 4.93. The van der Waals surface area contributed by atoms with Crippen LogP contribution in [-0.2, 0) is 5.75 Å². The Hall–Kier alpha value is -0.970. The monoisotopic (exact) mass is 356 g/mol. The number of hydrogen-bond acceptors (Lipinski definition) is 2. The number of halogens is 2. The number of carbonyl (C=O) groups is 1. The number of carboxylic acids is 1. The largest absolute Gasteiger partial charge is 0.478 e. The first-order chi connectivity index (χ1) is 9.08. The summed E-state index contributed by atoms with van der Waals surface area (Å²) in [7, 11) is 0. The van der Waals surface area contributed by atoms with Gasteiger partial charge in [0.05, 0.1) is 5.56 Å². The number of hydrogen-bond donors (Lipinski definition) is 1. The Balaban J connectivity index is 2.12. The average molecular weight is 358 g/mol. The van der Waals surface area contributed by atoms with Gasteiger partial charge in [-0.25, -0.2) is 4.79 Å². The van der Waals surface area contributed by atoms with Gasteiger partial charge in [-0.15, -0.1) is 11.8 Å². The molecule has 0 heterocycles. The molecule has 0 aliphatic carbocycles. The van der Waals surface area contributed by atoms with E-state index < -0.39 is 5.97 Å². The van der Waals surface area contributed by atoms with Crippen LogP contribution in [0.2, 0.25) is 5.02 Å². The van der Waals surface area contributed by atoms with Crippen LogP contribution < -0.4 is 0 Å². The van der Waals surface area contributed by atoms with Crippen LogP contribution in [0, 0.1) is 0 Å². The van der Waals surface area contributed by atoms with Gasteiger partial charge in [-0.3, -0.25) is 0 Å². The van der Waals surface area contributed by atoms with E-state index in [1.54, 1.807) is 30.0 Å². The van der Waals surface area contributed by atoms with E-state index in [1.165, 1.54) is 0 Å². The molecule has 2 aromatic carbocycles. The minimum absolute atomic E-state index is 0.272. The summed E-state index contributed by atoms with van der Waals surface area (Å²) in [5, 5.41) is 9.64. The van der Waals surface area contributed by atoms with E-state index in [4.69, 9.17) is 16.7 Å². The quantitative estimate of drug-likeness (QED) is 0.774. The molecule has 0 radical (unpaired) electrons. The fourth-order valence-electron chi connectivity index (χ4n) is 1.52. The second kappa shape index (κ2) is 6.46. The fourth-order valence-corrected chi connectivity index (χ4v) is 3.45. The lowest BCUT2D eigenvalue weighted by Gasteiger charge is -2.07. The number of carboxylic acid groups (broad SMARTS) is 1. The highest BCUT2D eigenvalue weighted by Gasteiger charge is 2.08. The van der Waals surface area contributed by atoms with Gasteiger partial charge in [-0.2, -0.15) is 0 Å². The SMILES string of the molecule is O=C(O)c1ccc(SCc2ccccc2Cl)c(Br)c1. The molecule has 2 rings (SSSR count). The van der Waals surface area contributed by atoms with Crippen LogP contribution in [0.4, 0.5) is 0 Å². The molecule has 2 aromatic rings. The summed E-state index contributed by atoms with van der Waals surface area (Å²) >= 11 is 11.1. The number of aromatic carboxylic acids is 1. The zero-order chi connectivity index (χ0) is 13.8. The normalized spacial score (nSPS) is 10.4. The van der Waals surface area contributed by atoms with Crippen molar-refractivity contribution in [2.45, 2.75) is 10.6 Å². The van der Waals surface area contributed by atoms with E-state index >= 15 is 0 Å². The van der Waals surface area contributed by atoms with Crippen molar-refractivity contribution in [3.63, 3.8) is 0 Å². The van der Waals surface area contributed by atoms with Gasteiger partial charge < -0.3 is 5.11 Å². The summed E-state index contributed by atoms with van der Waals surface area (Å²) in [4.78, 5) is 11.8. The van der Waals surface area contributed by atoms with Crippen molar-refractivity contribution in [3.8, 4) is 0 Å². The van der Waals surface area contributed by atoms with E-state index in [2.05, 4.69) is 15.9 Å². The molecule has 0 atom stereocenters. The van der Waals surface area contributed by atoms with Crippen LogP contribution in [0.15, 0.2) is 51.8 Å².